The molecular weight excluding hydrogens is 336 g/mol. The molecule has 1 atom stereocenters. The maximum atomic E-state index is 13.0. The van der Waals surface area contributed by atoms with Crippen LogP contribution in [0, 0.1) is 12.8 Å². The number of amides is 2. The van der Waals surface area contributed by atoms with Crippen LogP contribution < -0.4 is 9.80 Å². The molecule has 0 N–H and O–H groups in total. The van der Waals surface area contributed by atoms with Gasteiger partial charge in [-0.05, 0) is 49.7 Å². The summed E-state index contributed by atoms with van der Waals surface area (Å²) in [7, 11) is 0. The summed E-state index contributed by atoms with van der Waals surface area (Å²) in [4.78, 5) is 28.9. The van der Waals surface area contributed by atoms with Crippen molar-refractivity contribution in [1.29, 1.82) is 0 Å². The van der Waals surface area contributed by atoms with E-state index in [1.165, 1.54) is 0 Å². The second kappa shape index (κ2) is 7.28. The van der Waals surface area contributed by atoms with Gasteiger partial charge in [-0.15, -0.1) is 0 Å². The molecule has 5 heteroatoms. The molecule has 0 aliphatic carbocycles. The Labute approximate surface area is 153 Å². The Morgan fingerprint density at radius 2 is 1.88 bits per heavy atom. The number of hydrogen-bond acceptors (Lipinski definition) is 2. The molecule has 1 aliphatic rings. The molecule has 1 fully saturated rings. The van der Waals surface area contributed by atoms with E-state index in [4.69, 9.17) is 11.6 Å². The Bertz CT molecular complexity index is 789. The molecular formula is C20H21ClN2O2. The third kappa shape index (κ3) is 3.54. The van der Waals surface area contributed by atoms with Gasteiger partial charge in [0, 0.05) is 35.9 Å². The van der Waals surface area contributed by atoms with Crippen molar-refractivity contribution in [2.24, 2.45) is 5.92 Å². The van der Waals surface area contributed by atoms with Crippen LogP contribution in [0.1, 0.15) is 18.9 Å². The zero-order chi connectivity index (χ0) is 18.0. The van der Waals surface area contributed by atoms with Gasteiger partial charge in [-0.1, -0.05) is 29.8 Å². The molecule has 2 amide bonds. The molecule has 1 aliphatic heterocycles. The van der Waals surface area contributed by atoms with E-state index in [-0.39, 0.29) is 24.2 Å². The van der Waals surface area contributed by atoms with Crippen molar-refractivity contribution >= 4 is 34.8 Å². The van der Waals surface area contributed by atoms with Crippen LogP contribution in [0.2, 0.25) is 5.02 Å². The van der Waals surface area contributed by atoms with Crippen LogP contribution in [0.15, 0.2) is 48.5 Å². The van der Waals surface area contributed by atoms with Gasteiger partial charge >= 0.3 is 0 Å². The second-order valence-electron chi connectivity index (χ2n) is 6.25. The zero-order valence-electron chi connectivity index (χ0n) is 14.4. The summed E-state index contributed by atoms with van der Waals surface area (Å²) in [5.41, 5.74) is 2.74. The molecule has 1 heterocycles. The Morgan fingerprint density at radius 3 is 2.52 bits per heavy atom. The molecule has 2 aromatic carbocycles. The van der Waals surface area contributed by atoms with Crippen LogP contribution in [-0.4, -0.2) is 24.9 Å². The predicted molar refractivity (Wildman–Crippen MR) is 101 cm³/mol. The first kappa shape index (κ1) is 17.5. The number of nitrogens with zero attached hydrogens (tertiary/aromatic N) is 2. The molecule has 0 saturated carbocycles. The summed E-state index contributed by atoms with van der Waals surface area (Å²) in [6, 6.07) is 15.0. The van der Waals surface area contributed by atoms with Crippen LogP contribution in [0.25, 0.3) is 0 Å². The standard InChI is InChI=1S/C20H21ClN2O2/c1-3-22(18-7-5-4-6-14(18)2)20(25)15-12-19(24)23(13-15)17-10-8-16(21)9-11-17/h4-11,15H,3,12-13H2,1-2H3. The molecule has 4 nitrogen and oxygen atoms in total. The van der Waals surface area contributed by atoms with Gasteiger partial charge < -0.3 is 9.80 Å². The van der Waals surface area contributed by atoms with Crippen molar-refractivity contribution in [3.05, 3.63) is 59.1 Å². The fourth-order valence-electron chi connectivity index (χ4n) is 3.28. The highest BCUT2D eigenvalue weighted by Gasteiger charge is 2.37. The lowest BCUT2D eigenvalue weighted by molar-refractivity contribution is -0.124. The molecule has 0 aromatic heterocycles. The highest BCUT2D eigenvalue weighted by molar-refractivity contribution is 6.30. The Kier molecular flexibility index (Phi) is 5.09. The minimum atomic E-state index is -0.331. The topological polar surface area (TPSA) is 40.6 Å². The van der Waals surface area contributed by atoms with E-state index in [1.54, 1.807) is 21.9 Å². The Hall–Kier alpha value is -2.33. The number of para-hydroxylation sites is 1. The molecule has 2 aromatic rings. The van der Waals surface area contributed by atoms with Crippen molar-refractivity contribution in [2.75, 3.05) is 22.9 Å². The Morgan fingerprint density at radius 1 is 1.20 bits per heavy atom. The number of rotatable bonds is 4. The molecule has 130 valence electrons. The van der Waals surface area contributed by atoms with Gasteiger partial charge in [-0.25, -0.2) is 0 Å². The minimum Gasteiger partial charge on any atom is -0.312 e. The van der Waals surface area contributed by atoms with Crippen molar-refractivity contribution in [3.8, 4) is 0 Å². The van der Waals surface area contributed by atoms with Crippen LogP contribution in [0.4, 0.5) is 11.4 Å². The molecule has 0 bridgehead atoms. The first-order valence-corrected chi connectivity index (χ1v) is 8.82. The summed E-state index contributed by atoms with van der Waals surface area (Å²) in [5, 5.41) is 0.625. The van der Waals surface area contributed by atoms with Crippen LogP contribution >= 0.6 is 11.6 Å². The average Bonchev–Trinajstić information content (AvgIpc) is 2.99. The lowest BCUT2D eigenvalue weighted by Gasteiger charge is -2.26. The highest BCUT2D eigenvalue weighted by atomic mass is 35.5. The molecule has 25 heavy (non-hydrogen) atoms. The molecule has 1 unspecified atom stereocenters. The quantitative estimate of drug-likeness (QED) is 0.829. The van der Waals surface area contributed by atoms with Crippen molar-refractivity contribution < 1.29 is 9.59 Å². The van der Waals surface area contributed by atoms with Gasteiger partial charge in [0.2, 0.25) is 11.8 Å². The van der Waals surface area contributed by atoms with E-state index < -0.39 is 0 Å². The van der Waals surface area contributed by atoms with Crippen LogP contribution in [0.3, 0.4) is 0 Å². The summed E-state index contributed by atoms with van der Waals surface area (Å²) in [5.74, 6) is -0.356. The number of aryl methyl sites for hydroxylation is 1. The van der Waals surface area contributed by atoms with Crippen molar-refractivity contribution in [2.45, 2.75) is 20.3 Å². The minimum absolute atomic E-state index is 0.00149. The van der Waals surface area contributed by atoms with Gasteiger partial charge in [0.1, 0.15) is 0 Å². The summed E-state index contributed by atoms with van der Waals surface area (Å²) < 4.78 is 0. The lowest BCUT2D eigenvalue weighted by atomic mass is 10.1. The van der Waals surface area contributed by atoms with Crippen molar-refractivity contribution in [3.63, 3.8) is 0 Å². The average molecular weight is 357 g/mol. The number of benzene rings is 2. The summed E-state index contributed by atoms with van der Waals surface area (Å²) >= 11 is 5.91. The molecule has 0 spiro atoms. The SMILES string of the molecule is CCN(C(=O)C1CC(=O)N(c2ccc(Cl)cc2)C1)c1ccccc1C. The van der Waals surface area contributed by atoms with Crippen LogP contribution in [0.5, 0.6) is 0 Å². The first-order valence-electron chi connectivity index (χ1n) is 8.44. The third-order valence-electron chi connectivity index (χ3n) is 4.60. The highest BCUT2D eigenvalue weighted by Crippen LogP contribution is 2.29. The molecule has 0 radical (unpaired) electrons. The first-order chi connectivity index (χ1) is 12.0. The van der Waals surface area contributed by atoms with E-state index >= 15 is 0 Å². The Balaban J connectivity index is 1.80. The fraction of sp³-hybridized carbons (Fsp3) is 0.300. The monoisotopic (exact) mass is 356 g/mol. The van der Waals surface area contributed by atoms with E-state index in [9.17, 15) is 9.59 Å². The number of anilines is 2. The smallest absolute Gasteiger partial charge is 0.232 e. The number of hydrogen-bond donors (Lipinski definition) is 0. The van der Waals surface area contributed by atoms with Crippen molar-refractivity contribution in [1.82, 2.24) is 0 Å². The number of carbonyl (C=O) groups is 2. The second-order valence-corrected chi connectivity index (χ2v) is 6.69. The largest absolute Gasteiger partial charge is 0.312 e. The van der Waals surface area contributed by atoms with Gasteiger partial charge in [-0.2, -0.15) is 0 Å². The number of halogens is 1. The van der Waals surface area contributed by atoms with Gasteiger partial charge in [0.25, 0.3) is 0 Å². The zero-order valence-corrected chi connectivity index (χ0v) is 15.2. The fourth-order valence-corrected chi connectivity index (χ4v) is 3.40. The van der Waals surface area contributed by atoms with E-state index in [0.29, 0.717) is 18.1 Å². The molecule has 3 rings (SSSR count). The van der Waals surface area contributed by atoms with E-state index in [0.717, 1.165) is 16.9 Å². The third-order valence-corrected chi connectivity index (χ3v) is 4.85. The van der Waals surface area contributed by atoms with E-state index in [2.05, 4.69) is 0 Å². The number of carbonyl (C=O) groups excluding carboxylic acids is 2. The molecule has 1 saturated heterocycles. The van der Waals surface area contributed by atoms with Gasteiger partial charge in [0.15, 0.2) is 0 Å². The van der Waals surface area contributed by atoms with Gasteiger partial charge in [-0.3, -0.25) is 9.59 Å². The maximum Gasteiger partial charge on any atom is 0.232 e. The van der Waals surface area contributed by atoms with Gasteiger partial charge in [0.05, 0.1) is 5.92 Å². The normalized spacial score (nSPS) is 17.0. The van der Waals surface area contributed by atoms with E-state index in [1.807, 2.05) is 50.2 Å². The maximum absolute atomic E-state index is 13.0. The van der Waals surface area contributed by atoms with Crippen LogP contribution in [-0.2, 0) is 9.59 Å². The predicted octanol–water partition coefficient (Wildman–Crippen LogP) is 4.05. The summed E-state index contributed by atoms with van der Waals surface area (Å²) in [6.07, 6.45) is 0.240. The summed E-state index contributed by atoms with van der Waals surface area (Å²) in [6.45, 7) is 4.93. The lowest BCUT2D eigenvalue weighted by Crippen LogP contribution is -2.37.